The average Bonchev–Trinajstić information content (AvgIpc) is 2.07. The standard InChI is InChI=1S/C9H13NO/c1-6-5-10(4)9(7(6)2)8(3)11/h5H,1-4H3. The zero-order chi connectivity index (χ0) is 8.59. The molecule has 1 aromatic heterocycles. The molecule has 0 aliphatic carbocycles. The molecular formula is C9H13NO. The summed E-state index contributed by atoms with van der Waals surface area (Å²) in [5.74, 6) is 0.137. The summed E-state index contributed by atoms with van der Waals surface area (Å²) in [6.45, 7) is 5.59. The molecule has 0 amide bonds. The first-order valence-corrected chi connectivity index (χ1v) is 3.67. The Hall–Kier alpha value is -1.05. The molecular weight excluding hydrogens is 138 g/mol. The highest BCUT2D eigenvalue weighted by molar-refractivity contribution is 5.94. The monoisotopic (exact) mass is 151 g/mol. The van der Waals surface area contributed by atoms with Gasteiger partial charge in [0.05, 0.1) is 5.69 Å². The molecule has 0 bridgehead atoms. The van der Waals surface area contributed by atoms with E-state index >= 15 is 0 Å². The van der Waals surface area contributed by atoms with Gasteiger partial charge in [-0.15, -0.1) is 0 Å². The lowest BCUT2D eigenvalue weighted by Crippen LogP contribution is -2.02. The minimum absolute atomic E-state index is 0.137. The average molecular weight is 151 g/mol. The van der Waals surface area contributed by atoms with Crippen molar-refractivity contribution in [2.75, 3.05) is 0 Å². The van der Waals surface area contributed by atoms with Gasteiger partial charge >= 0.3 is 0 Å². The molecule has 1 aromatic rings. The molecule has 0 N–H and O–H groups in total. The number of Topliss-reactive ketones (excluding diaryl/α,β-unsaturated/α-hetero) is 1. The molecule has 0 spiro atoms. The highest BCUT2D eigenvalue weighted by Crippen LogP contribution is 2.14. The van der Waals surface area contributed by atoms with Crippen molar-refractivity contribution < 1.29 is 4.79 Å². The Morgan fingerprint density at radius 3 is 2.18 bits per heavy atom. The van der Waals surface area contributed by atoms with Gasteiger partial charge in [-0.1, -0.05) is 0 Å². The van der Waals surface area contributed by atoms with Crippen LogP contribution in [0.15, 0.2) is 6.20 Å². The third kappa shape index (κ3) is 1.20. The summed E-state index contributed by atoms with van der Waals surface area (Å²) < 4.78 is 1.88. The van der Waals surface area contributed by atoms with Crippen LogP contribution in [0.1, 0.15) is 28.5 Å². The summed E-state index contributed by atoms with van der Waals surface area (Å²) in [4.78, 5) is 11.1. The van der Waals surface area contributed by atoms with E-state index in [0.717, 1.165) is 11.3 Å². The number of hydrogen-bond donors (Lipinski definition) is 0. The first kappa shape index (κ1) is 8.05. The Bertz CT molecular complexity index is 297. The van der Waals surface area contributed by atoms with Crippen LogP contribution in [0, 0.1) is 13.8 Å². The first-order valence-electron chi connectivity index (χ1n) is 3.67. The fourth-order valence-electron chi connectivity index (χ4n) is 1.42. The lowest BCUT2D eigenvalue weighted by atomic mass is 10.1. The highest BCUT2D eigenvalue weighted by atomic mass is 16.1. The zero-order valence-corrected chi connectivity index (χ0v) is 7.43. The van der Waals surface area contributed by atoms with Gasteiger partial charge in [0, 0.05) is 20.2 Å². The molecule has 1 heterocycles. The predicted molar refractivity (Wildman–Crippen MR) is 44.9 cm³/mol. The lowest BCUT2D eigenvalue weighted by Gasteiger charge is -1.98. The van der Waals surface area contributed by atoms with Gasteiger partial charge in [-0.25, -0.2) is 0 Å². The summed E-state index contributed by atoms with van der Waals surface area (Å²) >= 11 is 0. The van der Waals surface area contributed by atoms with Gasteiger partial charge in [0.1, 0.15) is 0 Å². The summed E-state index contributed by atoms with van der Waals surface area (Å²) in [6.07, 6.45) is 1.98. The Morgan fingerprint density at radius 1 is 1.45 bits per heavy atom. The van der Waals surface area contributed by atoms with Crippen LogP contribution in [0.25, 0.3) is 0 Å². The van der Waals surface area contributed by atoms with E-state index in [-0.39, 0.29) is 5.78 Å². The lowest BCUT2D eigenvalue weighted by molar-refractivity contribution is 0.100. The zero-order valence-electron chi connectivity index (χ0n) is 7.43. The smallest absolute Gasteiger partial charge is 0.176 e. The van der Waals surface area contributed by atoms with Crippen LogP contribution < -0.4 is 0 Å². The molecule has 0 unspecified atom stereocenters. The summed E-state index contributed by atoms with van der Waals surface area (Å²) in [6, 6.07) is 0. The van der Waals surface area contributed by atoms with Crippen molar-refractivity contribution in [3.05, 3.63) is 23.0 Å². The van der Waals surface area contributed by atoms with Crippen molar-refractivity contribution in [2.45, 2.75) is 20.8 Å². The van der Waals surface area contributed by atoms with Crippen molar-refractivity contribution in [1.29, 1.82) is 0 Å². The van der Waals surface area contributed by atoms with Crippen molar-refractivity contribution in [2.24, 2.45) is 7.05 Å². The van der Waals surface area contributed by atoms with E-state index in [0.29, 0.717) is 0 Å². The quantitative estimate of drug-likeness (QED) is 0.561. The van der Waals surface area contributed by atoms with E-state index in [4.69, 9.17) is 0 Å². The molecule has 0 radical (unpaired) electrons. The Balaban J connectivity index is 3.34. The second kappa shape index (κ2) is 2.53. The van der Waals surface area contributed by atoms with Gasteiger partial charge in [0.2, 0.25) is 0 Å². The number of aryl methyl sites for hydroxylation is 2. The molecule has 60 valence electrons. The summed E-state index contributed by atoms with van der Waals surface area (Å²) in [7, 11) is 1.90. The molecule has 1 rings (SSSR count). The molecule has 0 fully saturated rings. The maximum atomic E-state index is 11.1. The molecule has 11 heavy (non-hydrogen) atoms. The minimum atomic E-state index is 0.137. The predicted octanol–water partition coefficient (Wildman–Crippen LogP) is 1.84. The number of aromatic nitrogens is 1. The largest absolute Gasteiger partial charge is 0.348 e. The SMILES string of the molecule is CC(=O)c1c(C)c(C)cn1C. The maximum absolute atomic E-state index is 11.1. The van der Waals surface area contributed by atoms with Crippen LogP contribution in [-0.2, 0) is 7.05 Å². The maximum Gasteiger partial charge on any atom is 0.176 e. The minimum Gasteiger partial charge on any atom is -0.348 e. The number of nitrogens with zero attached hydrogens (tertiary/aromatic N) is 1. The molecule has 2 nitrogen and oxygen atoms in total. The van der Waals surface area contributed by atoms with E-state index in [2.05, 4.69) is 0 Å². The van der Waals surface area contributed by atoms with E-state index < -0.39 is 0 Å². The highest BCUT2D eigenvalue weighted by Gasteiger charge is 2.10. The number of carbonyl (C=O) groups is 1. The van der Waals surface area contributed by atoms with Crippen LogP contribution >= 0.6 is 0 Å². The Kier molecular flexibility index (Phi) is 1.85. The topological polar surface area (TPSA) is 22.0 Å². The van der Waals surface area contributed by atoms with E-state index in [9.17, 15) is 4.79 Å². The molecule has 0 saturated carbocycles. The molecule has 0 aliphatic heterocycles. The van der Waals surface area contributed by atoms with Crippen LogP contribution in [0.3, 0.4) is 0 Å². The fourth-order valence-corrected chi connectivity index (χ4v) is 1.42. The van der Waals surface area contributed by atoms with Gasteiger partial charge in [0.25, 0.3) is 0 Å². The fraction of sp³-hybridized carbons (Fsp3) is 0.444. The van der Waals surface area contributed by atoms with Gasteiger partial charge in [0.15, 0.2) is 5.78 Å². The summed E-state index contributed by atoms with van der Waals surface area (Å²) in [5, 5.41) is 0. The molecule has 0 aromatic carbocycles. The van der Waals surface area contributed by atoms with Gasteiger partial charge in [-0.3, -0.25) is 4.79 Å². The molecule has 0 aliphatic rings. The van der Waals surface area contributed by atoms with Gasteiger partial charge in [-0.05, 0) is 25.0 Å². The molecule has 0 atom stereocenters. The van der Waals surface area contributed by atoms with E-state index in [1.165, 1.54) is 5.56 Å². The van der Waals surface area contributed by atoms with Crippen molar-refractivity contribution in [3.8, 4) is 0 Å². The first-order chi connectivity index (χ1) is 5.04. The second-order valence-electron chi connectivity index (χ2n) is 2.95. The molecule has 0 saturated heterocycles. The molecule has 2 heteroatoms. The third-order valence-electron chi connectivity index (χ3n) is 2.02. The van der Waals surface area contributed by atoms with E-state index in [1.54, 1.807) is 6.92 Å². The normalized spacial score (nSPS) is 10.2. The number of rotatable bonds is 1. The van der Waals surface area contributed by atoms with Crippen LogP contribution in [0.2, 0.25) is 0 Å². The van der Waals surface area contributed by atoms with E-state index in [1.807, 2.05) is 31.7 Å². The number of hydrogen-bond acceptors (Lipinski definition) is 1. The number of carbonyl (C=O) groups excluding carboxylic acids is 1. The van der Waals surface area contributed by atoms with Crippen molar-refractivity contribution in [3.63, 3.8) is 0 Å². The van der Waals surface area contributed by atoms with Gasteiger partial charge < -0.3 is 4.57 Å². The second-order valence-corrected chi connectivity index (χ2v) is 2.95. The van der Waals surface area contributed by atoms with Crippen molar-refractivity contribution >= 4 is 5.78 Å². The van der Waals surface area contributed by atoms with Gasteiger partial charge in [-0.2, -0.15) is 0 Å². The van der Waals surface area contributed by atoms with Crippen LogP contribution in [0.4, 0.5) is 0 Å². The van der Waals surface area contributed by atoms with Crippen molar-refractivity contribution in [1.82, 2.24) is 4.57 Å². The Morgan fingerprint density at radius 2 is 2.00 bits per heavy atom. The summed E-state index contributed by atoms with van der Waals surface area (Å²) in [5.41, 5.74) is 3.10. The number of ketones is 1. The third-order valence-corrected chi connectivity index (χ3v) is 2.02. The van der Waals surface area contributed by atoms with Crippen LogP contribution in [0.5, 0.6) is 0 Å². The Labute approximate surface area is 66.8 Å². The van der Waals surface area contributed by atoms with Crippen LogP contribution in [-0.4, -0.2) is 10.4 Å².